The monoisotopic (exact) mass is 329 g/mol. The number of aromatic amines is 1. The van der Waals surface area contributed by atoms with Gasteiger partial charge in [-0.25, -0.2) is 0 Å². The number of hydrogen-bond acceptors (Lipinski definition) is 4. The molecule has 23 heavy (non-hydrogen) atoms. The zero-order valence-electron chi connectivity index (χ0n) is 12.1. The number of ketones is 1. The van der Waals surface area contributed by atoms with Crippen LogP contribution in [-0.2, 0) is 4.79 Å². The van der Waals surface area contributed by atoms with E-state index in [0.717, 1.165) is 0 Å². The van der Waals surface area contributed by atoms with E-state index in [4.69, 9.17) is 16.3 Å². The minimum atomic E-state index is -0.536. The second-order valence-corrected chi connectivity index (χ2v) is 5.43. The molecule has 3 rings (SSSR count). The molecule has 2 N–H and O–H groups in total. The van der Waals surface area contributed by atoms with Gasteiger partial charge < -0.3 is 14.8 Å². The summed E-state index contributed by atoms with van der Waals surface area (Å²) in [5.41, 5.74) is 0.983. The Bertz CT molecular complexity index is 929. The average Bonchev–Trinajstić information content (AvgIpc) is 2.83. The van der Waals surface area contributed by atoms with Gasteiger partial charge in [-0.1, -0.05) is 23.7 Å². The molecule has 0 atom stereocenters. The van der Waals surface area contributed by atoms with Crippen molar-refractivity contribution in [3.63, 3.8) is 0 Å². The number of nitrogens with one attached hydrogen (secondary N) is 1. The van der Waals surface area contributed by atoms with Crippen molar-refractivity contribution in [3.05, 3.63) is 58.7 Å². The van der Waals surface area contributed by atoms with Crippen LogP contribution in [-0.4, -0.2) is 21.8 Å². The number of benzene rings is 2. The number of aromatic hydroxyl groups is 1. The zero-order chi connectivity index (χ0) is 16.6. The van der Waals surface area contributed by atoms with Gasteiger partial charge >= 0.3 is 5.97 Å². The van der Waals surface area contributed by atoms with Crippen LogP contribution in [0.3, 0.4) is 0 Å². The smallest absolute Gasteiger partial charge is 0.308 e. The third-order valence-corrected chi connectivity index (χ3v) is 3.53. The molecule has 6 heteroatoms. The summed E-state index contributed by atoms with van der Waals surface area (Å²) in [5.74, 6) is -0.808. The molecule has 1 heterocycles. The van der Waals surface area contributed by atoms with E-state index >= 15 is 0 Å². The van der Waals surface area contributed by atoms with E-state index < -0.39 is 11.8 Å². The third-order valence-electron chi connectivity index (χ3n) is 3.29. The summed E-state index contributed by atoms with van der Waals surface area (Å²) in [6.45, 7) is 1.26. The number of esters is 1. The molecule has 0 aliphatic carbocycles. The van der Waals surface area contributed by atoms with Crippen LogP contribution in [0.5, 0.6) is 11.5 Å². The summed E-state index contributed by atoms with van der Waals surface area (Å²) in [4.78, 5) is 27.0. The number of halogens is 1. The minimum absolute atomic E-state index is 0.0240. The van der Waals surface area contributed by atoms with Crippen molar-refractivity contribution >= 4 is 34.3 Å². The molecule has 0 saturated heterocycles. The molecule has 0 saturated carbocycles. The molecule has 0 aliphatic rings. The van der Waals surface area contributed by atoms with E-state index in [1.165, 1.54) is 19.1 Å². The van der Waals surface area contributed by atoms with Crippen molar-refractivity contribution in [2.75, 3.05) is 0 Å². The number of carbonyl (C=O) groups excluding carboxylic acids is 2. The first kappa shape index (κ1) is 15.1. The molecule has 0 radical (unpaired) electrons. The highest BCUT2D eigenvalue weighted by Crippen LogP contribution is 2.33. The molecule has 1 aromatic heterocycles. The van der Waals surface area contributed by atoms with Crippen LogP contribution in [0, 0.1) is 0 Å². The minimum Gasteiger partial charge on any atom is -0.508 e. The molecule has 0 amide bonds. The van der Waals surface area contributed by atoms with Crippen LogP contribution in [0.4, 0.5) is 0 Å². The lowest BCUT2D eigenvalue weighted by Crippen LogP contribution is -2.08. The number of H-pyrrole nitrogens is 1. The molecule has 5 nitrogen and oxygen atoms in total. The summed E-state index contributed by atoms with van der Waals surface area (Å²) in [6, 6.07) is 10.9. The van der Waals surface area contributed by atoms with Gasteiger partial charge in [0.2, 0.25) is 5.78 Å². The number of aromatic nitrogens is 1. The fraction of sp³-hybridized carbons (Fsp3) is 0.0588. The maximum Gasteiger partial charge on any atom is 0.308 e. The van der Waals surface area contributed by atoms with E-state index in [-0.39, 0.29) is 22.8 Å². The lowest BCUT2D eigenvalue weighted by atomic mass is 10.1. The Kier molecular flexibility index (Phi) is 3.80. The Morgan fingerprint density at radius 1 is 1.17 bits per heavy atom. The molecule has 3 aromatic rings. The Morgan fingerprint density at radius 2 is 1.96 bits per heavy atom. The van der Waals surface area contributed by atoms with Crippen molar-refractivity contribution < 1.29 is 19.4 Å². The van der Waals surface area contributed by atoms with Gasteiger partial charge in [0.25, 0.3) is 0 Å². The quantitative estimate of drug-likeness (QED) is 0.567. The van der Waals surface area contributed by atoms with Gasteiger partial charge in [0, 0.05) is 22.9 Å². The van der Waals surface area contributed by atoms with E-state index in [1.54, 1.807) is 30.3 Å². The van der Waals surface area contributed by atoms with Gasteiger partial charge in [0.15, 0.2) is 5.75 Å². The van der Waals surface area contributed by atoms with Crippen molar-refractivity contribution in [1.29, 1.82) is 0 Å². The lowest BCUT2D eigenvalue weighted by Gasteiger charge is -2.04. The van der Waals surface area contributed by atoms with Gasteiger partial charge in [0.05, 0.1) is 5.52 Å². The second kappa shape index (κ2) is 5.78. The molecule has 116 valence electrons. The van der Waals surface area contributed by atoms with Crippen molar-refractivity contribution in [3.8, 4) is 11.5 Å². The first-order valence-corrected chi connectivity index (χ1v) is 7.17. The number of rotatable bonds is 3. The summed E-state index contributed by atoms with van der Waals surface area (Å²) in [7, 11) is 0. The maximum absolute atomic E-state index is 12.7. The number of carbonyl (C=O) groups is 2. The molecule has 0 spiro atoms. The normalized spacial score (nSPS) is 10.7. The first-order chi connectivity index (χ1) is 11.0. The van der Waals surface area contributed by atoms with Gasteiger partial charge in [-0.05, 0) is 30.3 Å². The van der Waals surface area contributed by atoms with Crippen molar-refractivity contribution in [1.82, 2.24) is 4.98 Å². The number of phenolic OH excluding ortho intramolecular Hbond substituents is 1. The lowest BCUT2D eigenvalue weighted by molar-refractivity contribution is -0.131. The molecular weight excluding hydrogens is 318 g/mol. The summed E-state index contributed by atoms with van der Waals surface area (Å²) in [6.07, 6.45) is 0. The topological polar surface area (TPSA) is 79.4 Å². The van der Waals surface area contributed by atoms with Crippen LogP contribution in [0.25, 0.3) is 10.9 Å². The Morgan fingerprint density at radius 3 is 2.65 bits per heavy atom. The van der Waals surface area contributed by atoms with E-state index in [9.17, 15) is 14.7 Å². The van der Waals surface area contributed by atoms with Crippen LogP contribution >= 0.6 is 11.6 Å². The molecule has 0 bridgehead atoms. The fourth-order valence-corrected chi connectivity index (χ4v) is 2.52. The largest absolute Gasteiger partial charge is 0.508 e. The molecule has 2 aromatic carbocycles. The zero-order valence-corrected chi connectivity index (χ0v) is 12.8. The molecule has 0 fully saturated rings. The fourth-order valence-electron chi connectivity index (χ4n) is 2.35. The second-order valence-electron chi connectivity index (χ2n) is 4.99. The molecule has 0 aliphatic heterocycles. The average molecular weight is 330 g/mol. The predicted molar refractivity (Wildman–Crippen MR) is 86.2 cm³/mol. The number of ether oxygens (including phenoxy) is 1. The predicted octanol–water partition coefficient (Wildman–Crippen LogP) is 3.68. The number of fused-ring (bicyclic) bond motifs is 1. The summed E-state index contributed by atoms with van der Waals surface area (Å²) in [5, 5.41) is 10.6. The van der Waals surface area contributed by atoms with E-state index in [0.29, 0.717) is 15.9 Å². The van der Waals surface area contributed by atoms with Crippen LogP contribution in [0.1, 0.15) is 23.0 Å². The number of phenols is 1. The highest BCUT2D eigenvalue weighted by Gasteiger charge is 2.22. The third kappa shape index (κ3) is 2.91. The van der Waals surface area contributed by atoms with Crippen LogP contribution in [0.15, 0.2) is 42.5 Å². The van der Waals surface area contributed by atoms with Crippen molar-refractivity contribution in [2.45, 2.75) is 6.92 Å². The summed E-state index contributed by atoms with van der Waals surface area (Å²) >= 11 is 5.96. The molecule has 0 unspecified atom stereocenters. The Balaban J connectivity index is 2.19. The van der Waals surface area contributed by atoms with E-state index in [2.05, 4.69) is 4.98 Å². The molecular formula is C17H12ClNO4. The summed E-state index contributed by atoms with van der Waals surface area (Å²) < 4.78 is 5.21. The van der Waals surface area contributed by atoms with Crippen molar-refractivity contribution in [2.24, 2.45) is 0 Å². The first-order valence-electron chi connectivity index (χ1n) is 6.79. The number of hydrogen-bond donors (Lipinski definition) is 2. The van der Waals surface area contributed by atoms with Crippen LogP contribution < -0.4 is 4.74 Å². The van der Waals surface area contributed by atoms with Crippen LogP contribution in [0.2, 0.25) is 5.02 Å². The standard InChI is InChI=1S/C17H12ClNO4/c1-9(20)23-17-13-6-5-11(18)8-14(13)19-15(17)16(22)10-3-2-4-12(21)7-10/h2-8,19,21H,1H3. The SMILES string of the molecule is CC(=O)Oc1c(C(=O)c2cccc(O)c2)[nH]c2cc(Cl)ccc12. The van der Waals surface area contributed by atoms with Gasteiger partial charge in [-0.2, -0.15) is 0 Å². The highest BCUT2D eigenvalue weighted by atomic mass is 35.5. The van der Waals surface area contributed by atoms with Gasteiger partial charge in [-0.3, -0.25) is 9.59 Å². The van der Waals surface area contributed by atoms with E-state index in [1.807, 2.05) is 0 Å². The maximum atomic E-state index is 12.7. The van der Waals surface area contributed by atoms with Gasteiger partial charge in [0.1, 0.15) is 11.4 Å². The Labute approximate surface area is 136 Å². The Hall–Kier alpha value is -2.79. The highest BCUT2D eigenvalue weighted by molar-refractivity contribution is 6.31. The van der Waals surface area contributed by atoms with Gasteiger partial charge in [-0.15, -0.1) is 0 Å².